The molecule has 2 unspecified atom stereocenters. The number of methoxy groups -OCH3 is 5. The number of ether oxygens (including phenoxy) is 6. The molecule has 12 heteroatoms. The van der Waals surface area contributed by atoms with Crippen molar-refractivity contribution in [3.63, 3.8) is 0 Å². The first kappa shape index (κ1) is 29.5. The molecule has 2 heterocycles. The molecule has 42 heavy (non-hydrogen) atoms. The Morgan fingerprint density at radius 1 is 1.10 bits per heavy atom. The Balaban J connectivity index is 1.29. The molecule has 2 aliphatic rings. The van der Waals surface area contributed by atoms with E-state index in [0.29, 0.717) is 34.5 Å². The van der Waals surface area contributed by atoms with Gasteiger partial charge < -0.3 is 33.3 Å². The number of aryl methyl sites for hydroxylation is 1. The van der Waals surface area contributed by atoms with Gasteiger partial charge in [-0.1, -0.05) is 34.7 Å². The van der Waals surface area contributed by atoms with Crippen LogP contribution in [0.2, 0.25) is 0 Å². The molecule has 0 saturated heterocycles. The Morgan fingerprint density at radius 2 is 1.83 bits per heavy atom. The van der Waals surface area contributed by atoms with Gasteiger partial charge in [0.2, 0.25) is 11.5 Å². The minimum Gasteiger partial charge on any atom is -0.493 e. The number of thiazole rings is 1. The molecule has 3 aromatic rings. The molecule has 0 radical (unpaired) electrons. The number of nitrogens with zero attached hydrogens (tertiary/aromatic N) is 2. The first-order chi connectivity index (χ1) is 20.3. The fourth-order valence-corrected chi connectivity index (χ4v) is 5.88. The summed E-state index contributed by atoms with van der Waals surface area (Å²) in [4.78, 5) is 23.2. The Kier molecular flexibility index (Phi) is 8.78. The van der Waals surface area contributed by atoms with Gasteiger partial charge in [-0.05, 0) is 48.4 Å². The number of carbonyl (C=O) groups excluding carboxylic acids is 1. The summed E-state index contributed by atoms with van der Waals surface area (Å²) in [5.74, 6) is -0.0339. The molecule has 2 atom stereocenters. The summed E-state index contributed by atoms with van der Waals surface area (Å²) in [6, 6.07) is 9.58. The van der Waals surface area contributed by atoms with Gasteiger partial charge in [0.15, 0.2) is 22.7 Å². The molecule has 0 fully saturated rings. The van der Waals surface area contributed by atoms with Crippen LogP contribution in [0, 0.1) is 6.92 Å². The topological polar surface area (TPSA) is 119 Å². The molecule has 11 nitrogen and oxygen atoms in total. The van der Waals surface area contributed by atoms with E-state index in [-0.39, 0.29) is 12.5 Å². The van der Waals surface area contributed by atoms with Crippen molar-refractivity contribution in [2.24, 2.45) is 5.16 Å². The van der Waals surface area contributed by atoms with E-state index in [2.05, 4.69) is 15.5 Å². The summed E-state index contributed by atoms with van der Waals surface area (Å²) in [6.07, 6.45) is 4.78. The minimum absolute atomic E-state index is 0.246. The van der Waals surface area contributed by atoms with E-state index in [1.54, 1.807) is 27.4 Å². The number of rotatable bonds is 11. The van der Waals surface area contributed by atoms with Crippen molar-refractivity contribution in [1.29, 1.82) is 0 Å². The smallest absolute Gasteiger partial charge is 0.252 e. The van der Waals surface area contributed by atoms with Gasteiger partial charge in [-0.3, -0.25) is 10.1 Å². The fourth-order valence-electron chi connectivity index (χ4n) is 4.92. The second kappa shape index (κ2) is 12.5. The van der Waals surface area contributed by atoms with E-state index in [9.17, 15) is 4.79 Å². The van der Waals surface area contributed by atoms with Crippen LogP contribution in [0.15, 0.2) is 59.3 Å². The normalized spacial score (nSPS) is 19.2. The molecule has 2 aromatic carbocycles. The molecular weight excluding hydrogens is 562 g/mol. The van der Waals surface area contributed by atoms with E-state index in [1.807, 2.05) is 49.4 Å². The lowest BCUT2D eigenvalue weighted by Gasteiger charge is -2.36. The van der Waals surface area contributed by atoms with Crippen LogP contribution in [0.25, 0.3) is 10.2 Å². The molecule has 222 valence electrons. The molecule has 1 amide bonds. The summed E-state index contributed by atoms with van der Waals surface area (Å²) >= 11 is 1.41. The van der Waals surface area contributed by atoms with Crippen LogP contribution in [-0.2, 0) is 23.8 Å². The largest absolute Gasteiger partial charge is 0.493 e. The van der Waals surface area contributed by atoms with E-state index in [0.717, 1.165) is 26.9 Å². The van der Waals surface area contributed by atoms with Gasteiger partial charge in [-0.2, -0.15) is 0 Å². The van der Waals surface area contributed by atoms with Gasteiger partial charge in [-0.25, -0.2) is 4.98 Å². The molecule has 1 aromatic heterocycles. The average molecular weight is 596 g/mol. The van der Waals surface area contributed by atoms with Gasteiger partial charge in [-0.15, -0.1) is 0 Å². The Morgan fingerprint density at radius 3 is 2.48 bits per heavy atom. The molecule has 0 saturated carbocycles. The summed E-state index contributed by atoms with van der Waals surface area (Å²) in [5.41, 5.74) is 4.21. The molecular formula is C30H33N3O8S. The summed E-state index contributed by atoms with van der Waals surface area (Å²) < 4.78 is 34.8. The Bertz CT molecular complexity index is 1530. The first-order valence-electron chi connectivity index (χ1n) is 13.2. The molecule has 0 bridgehead atoms. The van der Waals surface area contributed by atoms with E-state index < -0.39 is 18.0 Å². The van der Waals surface area contributed by atoms with Crippen molar-refractivity contribution in [2.75, 3.05) is 47.5 Å². The van der Waals surface area contributed by atoms with Crippen LogP contribution in [0.5, 0.6) is 17.2 Å². The number of fused-ring (bicyclic) bond motifs is 1. The molecule has 0 spiro atoms. The highest BCUT2D eigenvalue weighted by Gasteiger charge is 2.41. The van der Waals surface area contributed by atoms with Crippen molar-refractivity contribution in [3.05, 3.63) is 65.3 Å². The zero-order valence-corrected chi connectivity index (χ0v) is 25.1. The number of benzene rings is 2. The lowest BCUT2D eigenvalue weighted by molar-refractivity contribution is -0.225. The van der Waals surface area contributed by atoms with Crippen LogP contribution in [0.4, 0.5) is 5.13 Å². The highest BCUT2D eigenvalue weighted by Crippen LogP contribution is 2.40. The zero-order chi connectivity index (χ0) is 29.9. The van der Waals surface area contributed by atoms with Gasteiger partial charge >= 0.3 is 0 Å². The number of aromatic nitrogens is 1. The van der Waals surface area contributed by atoms with Crippen molar-refractivity contribution < 1.29 is 38.1 Å². The summed E-state index contributed by atoms with van der Waals surface area (Å²) in [6.45, 7) is 1.74. The highest BCUT2D eigenvalue weighted by molar-refractivity contribution is 7.22. The van der Waals surface area contributed by atoms with Gasteiger partial charge in [0, 0.05) is 26.2 Å². The van der Waals surface area contributed by atoms with Crippen LogP contribution in [-0.4, -0.2) is 76.8 Å². The Hall–Kier alpha value is -3.97. The number of hydrogen-bond acceptors (Lipinski definition) is 11. The summed E-state index contributed by atoms with van der Waals surface area (Å²) in [7, 11) is 7.71. The molecule has 5 rings (SSSR count). The average Bonchev–Trinajstić information content (AvgIpc) is 3.67. The number of anilines is 1. The number of para-hydroxylation sites is 1. The van der Waals surface area contributed by atoms with Crippen molar-refractivity contribution in [3.8, 4) is 17.2 Å². The maximum Gasteiger partial charge on any atom is 0.252 e. The second-order valence-electron chi connectivity index (χ2n) is 9.60. The van der Waals surface area contributed by atoms with Gasteiger partial charge in [0.1, 0.15) is 12.7 Å². The van der Waals surface area contributed by atoms with E-state index >= 15 is 0 Å². The quantitative estimate of drug-likeness (QED) is 0.317. The second-order valence-corrected chi connectivity index (χ2v) is 10.6. The molecule has 1 aliphatic heterocycles. The standard InChI is InChI=1S/C30H33N3O8S/c1-17-8-7-9-24-27(17)32-29(42-24)31-26(34)16-40-25-14-18(10-11-30(25,38-5)39-6)21-15-20(33-41-21)19-12-22(35-2)28(37-4)23(13-19)36-3/h7-14,21,25H,15-16H2,1-6H3,(H,31,32,34). The van der Waals surface area contributed by atoms with Crippen molar-refractivity contribution in [2.45, 2.75) is 31.3 Å². The summed E-state index contributed by atoms with van der Waals surface area (Å²) in [5, 5.41) is 7.67. The lowest BCUT2D eigenvalue weighted by Crippen LogP contribution is -2.47. The predicted octanol–water partition coefficient (Wildman–Crippen LogP) is 4.63. The van der Waals surface area contributed by atoms with Crippen LogP contribution >= 0.6 is 11.3 Å². The minimum atomic E-state index is -1.23. The number of amides is 1. The maximum atomic E-state index is 12.8. The zero-order valence-electron chi connectivity index (χ0n) is 24.3. The molecule has 1 aliphatic carbocycles. The Labute approximate surface area is 247 Å². The van der Waals surface area contributed by atoms with Crippen molar-refractivity contribution in [1.82, 2.24) is 4.98 Å². The van der Waals surface area contributed by atoms with E-state index in [4.69, 9.17) is 33.3 Å². The highest BCUT2D eigenvalue weighted by atomic mass is 32.1. The molecule has 1 N–H and O–H groups in total. The van der Waals surface area contributed by atoms with Crippen LogP contribution in [0.1, 0.15) is 17.5 Å². The maximum absolute atomic E-state index is 12.8. The third-order valence-electron chi connectivity index (χ3n) is 7.19. The number of carbonyl (C=O) groups is 1. The third kappa shape index (κ3) is 5.71. The van der Waals surface area contributed by atoms with Gasteiger partial charge in [0.25, 0.3) is 5.91 Å². The van der Waals surface area contributed by atoms with Gasteiger partial charge in [0.05, 0.1) is 37.3 Å². The number of oxime groups is 1. The lowest BCUT2D eigenvalue weighted by atomic mass is 9.92. The first-order valence-corrected chi connectivity index (χ1v) is 14.0. The fraction of sp³-hybridized carbons (Fsp3) is 0.367. The number of nitrogens with one attached hydrogen (secondary N) is 1. The predicted molar refractivity (Wildman–Crippen MR) is 159 cm³/mol. The van der Waals surface area contributed by atoms with Crippen LogP contribution in [0.3, 0.4) is 0 Å². The number of hydrogen-bond donors (Lipinski definition) is 1. The SMILES string of the molecule is COc1cc(C2=NOC(C3=CC(OCC(=O)Nc4nc5c(C)cccc5s4)C(OC)(OC)C=C3)C2)cc(OC)c1OC. The van der Waals surface area contributed by atoms with E-state index in [1.165, 1.54) is 25.6 Å². The van der Waals surface area contributed by atoms with Crippen molar-refractivity contribution >= 4 is 38.3 Å². The monoisotopic (exact) mass is 595 g/mol. The third-order valence-corrected chi connectivity index (χ3v) is 8.12. The van der Waals surface area contributed by atoms with Crippen LogP contribution < -0.4 is 19.5 Å².